The molecule has 0 amide bonds. The molecule has 2 aromatic rings. The molecule has 2 aromatic carbocycles. The first-order valence-electron chi connectivity index (χ1n) is 10.1. The molecule has 11 nitrogen and oxygen atoms in total. The van der Waals surface area contributed by atoms with Crippen LogP contribution >= 0.6 is 0 Å². The van der Waals surface area contributed by atoms with Crippen molar-refractivity contribution < 1.29 is 54.4 Å². The lowest BCUT2D eigenvalue weighted by Gasteiger charge is -2.40. The second kappa shape index (κ2) is 10.5. The van der Waals surface area contributed by atoms with Crippen molar-refractivity contribution in [1.82, 2.24) is 0 Å². The van der Waals surface area contributed by atoms with Gasteiger partial charge in [-0.2, -0.15) is 0 Å². The van der Waals surface area contributed by atoms with E-state index < -0.39 is 60.6 Å². The number of aliphatic hydroxyl groups excluding tert-OH is 3. The molecule has 6 N–H and O–H groups in total. The summed E-state index contributed by atoms with van der Waals surface area (Å²) in [6.07, 6.45) is -5.61. The minimum atomic E-state index is -1.78. The highest BCUT2D eigenvalue weighted by Gasteiger charge is 2.45. The van der Waals surface area contributed by atoms with Crippen molar-refractivity contribution in [3.8, 4) is 23.0 Å². The zero-order valence-corrected chi connectivity index (χ0v) is 17.9. The van der Waals surface area contributed by atoms with Crippen LogP contribution in [0.1, 0.15) is 22.8 Å². The molecule has 1 aliphatic rings. The molecule has 1 aliphatic heterocycles. The molecule has 0 radical (unpaired) electrons. The predicted molar refractivity (Wildman–Crippen MR) is 115 cm³/mol. The molecule has 0 unspecified atom stereocenters. The highest BCUT2D eigenvalue weighted by molar-refractivity contribution is 5.99. The van der Waals surface area contributed by atoms with Crippen LogP contribution in [0.5, 0.6) is 23.0 Å². The average Bonchev–Trinajstić information content (AvgIpc) is 2.77. The lowest BCUT2D eigenvalue weighted by atomic mass is 9.99. The van der Waals surface area contributed by atoms with Gasteiger partial charge in [0.15, 0.2) is 5.78 Å². The number of phenolic OH excluding ortho intramolecular Hbond substituents is 3. The summed E-state index contributed by atoms with van der Waals surface area (Å²) >= 11 is 0. The van der Waals surface area contributed by atoms with Crippen LogP contribution in [0.3, 0.4) is 0 Å². The average molecular weight is 476 g/mol. The first kappa shape index (κ1) is 25.0. The van der Waals surface area contributed by atoms with E-state index in [1.807, 2.05) is 0 Å². The Kier molecular flexibility index (Phi) is 7.74. The summed E-state index contributed by atoms with van der Waals surface area (Å²) < 4.78 is 15.9. The molecule has 0 aliphatic carbocycles. The van der Waals surface area contributed by atoms with Crippen LogP contribution in [-0.2, 0) is 14.3 Å². The maximum atomic E-state index is 12.0. The number of hydrogen-bond donors (Lipinski definition) is 6. The quantitative estimate of drug-likeness (QED) is 0.185. The smallest absolute Gasteiger partial charge is 0.330 e. The van der Waals surface area contributed by atoms with Gasteiger partial charge < -0.3 is 44.8 Å². The fourth-order valence-corrected chi connectivity index (χ4v) is 3.27. The topological polar surface area (TPSA) is 183 Å². The Labute approximate surface area is 193 Å². The number of phenols is 3. The first-order chi connectivity index (χ1) is 16.1. The second-order valence-corrected chi connectivity index (χ2v) is 7.58. The maximum Gasteiger partial charge on any atom is 0.330 e. The number of ether oxygens (including phenoxy) is 3. The van der Waals surface area contributed by atoms with Gasteiger partial charge in [-0.15, -0.1) is 0 Å². The van der Waals surface area contributed by atoms with E-state index in [9.17, 15) is 40.2 Å². The van der Waals surface area contributed by atoms with E-state index in [0.29, 0.717) is 5.56 Å². The molecule has 0 bridgehead atoms. The molecule has 0 spiro atoms. The standard InChI is InChI=1S/C23H24O11/c1-11(24)19-15(27)8-14(26)9-16(19)33-23-22(31)21(30)20(29)17(34-23)10-32-18(28)7-4-12-2-5-13(25)6-3-12/h2-9,17,20-23,25-27,29-31H,10H2,1H3/b7-4-/t17-,20-,21+,22-,23-/m1/s1. The van der Waals surface area contributed by atoms with Gasteiger partial charge in [0.1, 0.15) is 59.6 Å². The third-order valence-corrected chi connectivity index (χ3v) is 5.02. The number of Topliss-reactive ketones (excluding diaryl/α,β-unsaturated/α-hetero) is 1. The Balaban J connectivity index is 1.69. The van der Waals surface area contributed by atoms with Gasteiger partial charge in [-0.1, -0.05) is 12.1 Å². The zero-order valence-electron chi connectivity index (χ0n) is 17.9. The first-order valence-corrected chi connectivity index (χ1v) is 10.1. The van der Waals surface area contributed by atoms with Crippen molar-refractivity contribution in [2.75, 3.05) is 6.61 Å². The van der Waals surface area contributed by atoms with Crippen LogP contribution in [0, 0.1) is 0 Å². The minimum absolute atomic E-state index is 0.0667. The summed E-state index contributed by atoms with van der Waals surface area (Å²) in [6.45, 7) is 0.623. The number of carbonyl (C=O) groups excluding carboxylic acids is 2. The second-order valence-electron chi connectivity index (χ2n) is 7.58. The third kappa shape index (κ3) is 5.83. The molecule has 34 heavy (non-hydrogen) atoms. The number of esters is 1. The van der Waals surface area contributed by atoms with E-state index in [4.69, 9.17) is 14.2 Å². The van der Waals surface area contributed by atoms with Gasteiger partial charge in [0.2, 0.25) is 6.29 Å². The lowest BCUT2D eigenvalue weighted by molar-refractivity contribution is -0.278. The van der Waals surface area contributed by atoms with Crippen molar-refractivity contribution in [3.05, 3.63) is 53.6 Å². The molecule has 0 saturated carbocycles. The normalized spacial score (nSPS) is 24.6. The number of benzene rings is 2. The fourth-order valence-electron chi connectivity index (χ4n) is 3.27. The summed E-state index contributed by atoms with van der Waals surface area (Å²) in [5.41, 5.74) is 0.322. The van der Waals surface area contributed by atoms with Gasteiger partial charge in [-0.25, -0.2) is 4.79 Å². The molecular formula is C23H24O11. The van der Waals surface area contributed by atoms with Crippen molar-refractivity contribution >= 4 is 17.8 Å². The monoisotopic (exact) mass is 476 g/mol. The Hall–Kier alpha value is -3.64. The van der Waals surface area contributed by atoms with Crippen molar-refractivity contribution in [1.29, 1.82) is 0 Å². The Morgan fingerprint density at radius 1 is 0.971 bits per heavy atom. The summed E-state index contributed by atoms with van der Waals surface area (Å²) in [7, 11) is 0. The molecule has 11 heteroatoms. The molecule has 1 heterocycles. The Morgan fingerprint density at radius 2 is 1.65 bits per heavy atom. The number of aromatic hydroxyl groups is 3. The number of hydrogen-bond acceptors (Lipinski definition) is 11. The van der Waals surface area contributed by atoms with Gasteiger partial charge in [0, 0.05) is 18.2 Å². The number of rotatable bonds is 7. The molecule has 182 valence electrons. The van der Waals surface area contributed by atoms with Crippen molar-refractivity contribution in [3.63, 3.8) is 0 Å². The summed E-state index contributed by atoms with van der Waals surface area (Å²) in [6, 6.07) is 7.95. The van der Waals surface area contributed by atoms with E-state index in [2.05, 4.69) is 0 Å². The number of carbonyl (C=O) groups is 2. The van der Waals surface area contributed by atoms with E-state index in [-0.39, 0.29) is 17.1 Å². The third-order valence-electron chi connectivity index (χ3n) is 5.02. The van der Waals surface area contributed by atoms with E-state index in [0.717, 1.165) is 25.1 Å². The van der Waals surface area contributed by atoms with Gasteiger partial charge in [0.25, 0.3) is 0 Å². The van der Waals surface area contributed by atoms with Crippen LogP contribution in [0.4, 0.5) is 0 Å². The molecule has 3 rings (SSSR count). The molecule has 5 atom stereocenters. The predicted octanol–water partition coefficient (Wildman–Crippen LogP) is 0.449. The number of ketones is 1. The maximum absolute atomic E-state index is 12.0. The highest BCUT2D eigenvalue weighted by atomic mass is 16.7. The highest BCUT2D eigenvalue weighted by Crippen LogP contribution is 2.35. The molecule has 1 fully saturated rings. The van der Waals surface area contributed by atoms with E-state index in [1.165, 1.54) is 18.2 Å². The fraction of sp³-hybridized carbons (Fsp3) is 0.304. The van der Waals surface area contributed by atoms with Gasteiger partial charge >= 0.3 is 5.97 Å². The summed E-state index contributed by atoms with van der Waals surface area (Å²) in [5.74, 6) is -2.67. The van der Waals surface area contributed by atoms with E-state index in [1.54, 1.807) is 12.1 Å². The van der Waals surface area contributed by atoms with Crippen LogP contribution < -0.4 is 4.74 Å². The zero-order chi connectivity index (χ0) is 25.0. The SMILES string of the molecule is CC(=O)c1c(O)cc(O)cc1O[C@@H]1O[C@H](COC(=O)/C=C\c2ccc(O)cc2)[C@@H](O)[C@H](O)[C@H]1O. The Morgan fingerprint density at radius 3 is 2.29 bits per heavy atom. The van der Waals surface area contributed by atoms with Crippen LogP contribution in [0.15, 0.2) is 42.5 Å². The lowest BCUT2D eigenvalue weighted by Crippen LogP contribution is -2.60. The number of aliphatic hydroxyl groups is 3. The molecular weight excluding hydrogens is 452 g/mol. The van der Waals surface area contributed by atoms with Gasteiger partial charge in [0.05, 0.1) is 0 Å². The molecule has 0 aromatic heterocycles. The summed E-state index contributed by atoms with van der Waals surface area (Å²) in [5, 5.41) is 59.6. The summed E-state index contributed by atoms with van der Waals surface area (Å²) in [4.78, 5) is 23.9. The van der Waals surface area contributed by atoms with Crippen LogP contribution in [0.2, 0.25) is 0 Å². The van der Waals surface area contributed by atoms with Crippen LogP contribution in [-0.4, -0.2) is 79.7 Å². The van der Waals surface area contributed by atoms with Crippen LogP contribution in [0.25, 0.3) is 6.08 Å². The largest absolute Gasteiger partial charge is 0.508 e. The van der Waals surface area contributed by atoms with Crippen molar-refractivity contribution in [2.45, 2.75) is 37.6 Å². The van der Waals surface area contributed by atoms with E-state index >= 15 is 0 Å². The van der Waals surface area contributed by atoms with Gasteiger partial charge in [-0.3, -0.25) is 4.79 Å². The Bertz CT molecular complexity index is 1060. The molecule has 1 saturated heterocycles. The minimum Gasteiger partial charge on any atom is -0.508 e. The van der Waals surface area contributed by atoms with Gasteiger partial charge in [-0.05, 0) is 30.7 Å². The van der Waals surface area contributed by atoms with Crippen molar-refractivity contribution in [2.24, 2.45) is 0 Å².